The molecule has 0 radical (unpaired) electrons. The molecule has 1 heterocycles. The van der Waals surface area contributed by atoms with Gasteiger partial charge in [-0.2, -0.15) is 0 Å². The fourth-order valence-electron chi connectivity index (χ4n) is 2.90. The minimum absolute atomic E-state index is 0.242. The van der Waals surface area contributed by atoms with Crippen molar-refractivity contribution in [2.45, 2.75) is 19.3 Å². The second-order valence-electron chi connectivity index (χ2n) is 5.99. The fourth-order valence-corrected chi connectivity index (χ4v) is 3.41. The van der Waals surface area contributed by atoms with Gasteiger partial charge in [0.2, 0.25) is 0 Å². The number of anilines is 2. The summed E-state index contributed by atoms with van der Waals surface area (Å²) in [4.78, 5) is 14.4. The zero-order valence-electron chi connectivity index (χ0n) is 13.8. The Kier molecular flexibility index (Phi) is 5.89. The van der Waals surface area contributed by atoms with Gasteiger partial charge in [0.25, 0.3) is 5.91 Å². The summed E-state index contributed by atoms with van der Waals surface area (Å²) in [5.41, 5.74) is 2.36. The van der Waals surface area contributed by atoms with Crippen LogP contribution in [0.2, 0.25) is 5.02 Å². The normalized spacial score (nSPS) is 14.0. The minimum Gasteiger partial charge on any atom is -0.370 e. The molecule has 0 aliphatic carbocycles. The van der Waals surface area contributed by atoms with Crippen LogP contribution >= 0.6 is 23.8 Å². The van der Waals surface area contributed by atoms with E-state index in [1.54, 1.807) is 12.1 Å². The van der Waals surface area contributed by atoms with E-state index < -0.39 is 0 Å². The summed E-state index contributed by atoms with van der Waals surface area (Å²) in [7, 11) is 0. The molecule has 130 valence electrons. The Labute approximate surface area is 158 Å². The smallest absolute Gasteiger partial charge is 0.257 e. The van der Waals surface area contributed by atoms with Crippen molar-refractivity contribution in [3.63, 3.8) is 0 Å². The molecule has 0 bridgehead atoms. The molecule has 2 aromatic rings. The Bertz CT molecular complexity index is 761. The van der Waals surface area contributed by atoms with E-state index in [2.05, 4.69) is 15.5 Å². The molecule has 1 amide bonds. The molecule has 1 fully saturated rings. The standard InChI is InChI=1S/C19H20ClN3OS/c20-16-13-15(9-10-17(16)23-11-5-2-6-12-23)21-19(25)22-18(24)14-7-3-1-4-8-14/h1,3-4,7-10,13H,2,5-6,11-12H2,(H2,21,22,24,25). The van der Waals surface area contributed by atoms with Crippen LogP contribution in [0, 0.1) is 0 Å². The lowest BCUT2D eigenvalue weighted by molar-refractivity contribution is 0.0977. The highest BCUT2D eigenvalue weighted by molar-refractivity contribution is 7.80. The maximum atomic E-state index is 12.1. The van der Waals surface area contributed by atoms with Crippen LogP contribution in [0.25, 0.3) is 0 Å². The Morgan fingerprint density at radius 1 is 1.04 bits per heavy atom. The number of amides is 1. The topological polar surface area (TPSA) is 44.4 Å². The fraction of sp³-hybridized carbons (Fsp3) is 0.263. The molecular formula is C19H20ClN3OS. The van der Waals surface area contributed by atoms with Gasteiger partial charge in [0.1, 0.15) is 0 Å². The number of piperidine rings is 1. The summed E-state index contributed by atoms with van der Waals surface area (Å²) in [5, 5.41) is 6.61. The Morgan fingerprint density at radius 2 is 1.76 bits per heavy atom. The predicted molar refractivity (Wildman–Crippen MR) is 108 cm³/mol. The van der Waals surface area contributed by atoms with E-state index in [-0.39, 0.29) is 11.0 Å². The first-order valence-corrected chi connectivity index (χ1v) is 9.14. The molecule has 2 N–H and O–H groups in total. The summed E-state index contributed by atoms with van der Waals surface area (Å²) in [6.45, 7) is 2.08. The molecule has 6 heteroatoms. The van der Waals surface area contributed by atoms with Crippen LogP contribution in [0.15, 0.2) is 48.5 Å². The second kappa shape index (κ2) is 8.32. The summed E-state index contributed by atoms with van der Waals surface area (Å²) >= 11 is 11.7. The van der Waals surface area contributed by atoms with E-state index in [0.717, 1.165) is 24.5 Å². The lowest BCUT2D eigenvalue weighted by Crippen LogP contribution is -2.34. The van der Waals surface area contributed by atoms with Gasteiger partial charge in [0.05, 0.1) is 10.7 Å². The van der Waals surface area contributed by atoms with Crippen LogP contribution in [0.3, 0.4) is 0 Å². The molecule has 0 saturated carbocycles. The van der Waals surface area contributed by atoms with Crippen molar-refractivity contribution >= 4 is 46.2 Å². The number of benzene rings is 2. The molecule has 0 unspecified atom stereocenters. The highest BCUT2D eigenvalue weighted by Gasteiger charge is 2.14. The van der Waals surface area contributed by atoms with Crippen molar-refractivity contribution in [3.8, 4) is 0 Å². The number of nitrogens with zero attached hydrogens (tertiary/aromatic N) is 1. The first kappa shape index (κ1) is 17.7. The van der Waals surface area contributed by atoms with Gasteiger partial charge in [0.15, 0.2) is 5.11 Å². The average molecular weight is 374 g/mol. The van der Waals surface area contributed by atoms with E-state index in [0.29, 0.717) is 10.6 Å². The number of nitrogens with one attached hydrogen (secondary N) is 2. The van der Waals surface area contributed by atoms with E-state index in [1.165, 1.54) is 19.3 Å². The van der Waals surface area contributed by atoms with Crippen molar-refractivity contribution < 1.29 is 4.79 Å². The summed E-state index contributed by atoms with van der Waals surface area (Å²) in [6.07, 6.45) is 3.68. The largest absolute Gasteiger partial charge is 0.370 e. The lowest BCUT2D eigenvalue weighted by Gasteiger charge is -2.29. The number of rotatable bonds is 3. The van der Waals surface area contributed by atoms with Crippen molar-refractivity contribution in [2.75, 3.05) is 23.3 Å². The van der Waals surface area contributed by atoms with Crippen LogP contribution < -0.4 is 15.5 Å². The molecule has 0 atom stereocenters. The number of halogens is 1. The SMILES string of the molecule is O=C(NC(=S)Nc1ccc(N2CCCCC2)c(Cl)c1)c1ccccc1. The highest BCUT2D eigenvalue weighted by Crippen LogP contribution is 2.30. The minimum atomic E-state index is -0.242. The number of carbonyl (C=O) groups is 1. The maximum absolute atomic E-state index is 12.1. The van der Waals surface area contributed by atoms with E-state index in [1.807, 2.05) is 36.4 Å². The Hall–Kier alpha value is -2.11. The average Bonchev–Trinajstić information content (AvgIpc) is 2.63. The summed E-state index contributed by atoms with van der Waals surface area (Å²) < 4.78 is 0. The van der Waals surface area contributed by atoms with Gasteiger partial charge in [-0.05, 0) is 61.8 Å². The molecule has 25 heavy (non-hydrogen) atoms. The number of thiocarbonyl (C=S) groups is 1. The Morgan fingerprint density at radius 3 is 2.44 bits per heavy atom. The number of hydrogen-bond donors (Lipinski definition) is 2. The third-order valence-corrected chi connectivity index (χ3v) is 4.67. The molecule has 2 aromatic carbocycles. The second-order valence-corrected chi connectivity index (χ2v) is 6.80. The number of hydrogen-bond acceptors (Lipinski definition) is 3. The van der Waals surface area contributed by atoms with Crippen LogP contribution in [0.5, 0.6) is 0 Å². The third-order valence-electron chi connectivity index (χ3n) is 4.17. The molecule has 1 aliphatic rings. The van der Waals surface area contributed by atoms with Crippen molar-refractivity contribution in [1.29, 1.82) is 0 Å². The molecular weight excluding hydrogens is 354 g/mol. The Balaban J connectivity index is 1.61. The van der Waals surface area contributed by atoms with E-state index in [9.17, 15) is 4.79 Å². The van der Waals surface area contributed by atoms with Gasteiger partial charge < -0.3 is 10.2 Å². The zero-order valence-corrected chi connectivity index (χ0v) is 15.4. The molecule has 3 rings (SSSR count). The van der Waals surface area contributed by atoms with Crippen LogP contribution in [-0.4, -0.2) is 24.1 Å². The van der Waals surface area contributed by atoms with Gasteiger partial charge >= 0.3 is 0 Å². The number of carbonyl (C=O) groups excluding carboxylic acids is 1. The molecule has 1 saturated heterocycles. The van der Waals surface area contributed by atoms with E-state index in [4.69, 9.17) is 23.8 Å². The van der Waals surface area contributed by atoms with Crippen molar-refractivity contribution in [2.24, 2.45) is 0 Å². The maximum Gasteiger partial charge on any atom is 0.257 e. The monoisotopic (exact) mass is 373 g/mol. The van der Waals surface area contributed by atoms with Gasteiger partial charge in [-0.3, -0.25) is 10.1 Å². The lowest BCUT2D eigenvalue weighted by atomic mass is 10.1. The summed E-state index contributed by atoms with van der Waals surface area (Å²) in [5.74, 6) is -0.242. The first-order valence-electron chi connectivity index (χ1n) is 8.35. The van der Waals surface area contributed by atoms with E-state index >= 15 is 0 Å². The highest BCUT2D eigenvalue weighted by atomic mass is 35.5. The third kappa shape index (κ3) is 4.71. The van der Waals surface area contributed by atoms with Gasteiger partial charge in [-0.1, -0.05) is 29.8 Å². The van der Waals surface area contributed by atoms with Gasteiger partial charge in [0, 0.05) is 24.3 Å². The van der Waals surface area contributed by atoms with Gasteiger partial charge in [-0.25, -0.2) is 0 Å². The molecule has 0 aromatic heterocycles. The predicted octanol–water partition coefficient (Wildman–Crippen LogP) is 4.46. The van der Waals surface area contributed by atoms with Crippen LogP contribution in [-0.2, 0) is 0 Å². The molecule has 1 aliphatic heterocycles. The van der Waals surface area contributed by atoms with Crippen LogP contribution in [0.4, 0.5) is 11.4 Å². The van der Waals surface area contributed by atoms with Gasteiger partial charge in [-0.15, -0.1) is 0 Å². The quantitative estimate of drug-likeness (QED) is 0.780. The first-order chi connectivity index (χ1) is 12.1. The molecule has 4 nitrogen and oxygen atoms in total. The van der Waals surface area contributed by atoms with Crippen molar-refractivity contribution in [1.82, 2.24) is 5.32 Å². The summed E-state index contributed by atoms with van der Waals surface area (Å²) in [6, 6.07) is 14.7. The van der Waals surface area contributed by atoms with Crippen LogP contribution in [0.1, 0.15) is 29.6 Å². The van der Waals surface area contributed by atoms with Crippen molar-refractivity contribution in [3.05, 3.63) is 59.1 Å². The molecule has 0 spiro atoms. The zero-order chi connectivity index (χ0) is 17.6.